The first-order valence-corrected chi connectivity index (χ1v) is 10.3. The van der Waals surface area contributed by atoms with Gasteiger partial charge in [0.25, 0.3) is 0 Å². The zero-order valence-electron chi connectivity index (χ0n) is 14.5. The van der Waals surface area contributed by atoms with Crippen LogP contribution in [0.5, 0.6) is 5.75 Å². The molecule has 0 saturated carbocycles. The summed E-state index contributed by atoms with van der Waals surface area (Å²) in [7, 11) is 0. The summed E-state index contributed by atoms with van der Waals surface area (Å²) in [5, 5.41) is 4.61. The van der Waals surface area contributed by atoms with Gasteiger partial charge in [-0.1, -0.05) is 41.3 Å². The zero-order chi connectivity index (χ0) is 18.5. The molecule has 1 heterocycles. The quantitative estimate of drug-likeness (QED) is 0.294. The van der Waals surface area contributed by atoms with E-state index in [1.807, 2.05) is 49.4 Å². The number of nitrogens with zero attached hydrogens (tertiary/aromatic N) is 2. The van der Waals surface area contributed by atoms with Crippen molar-refractivity contribution in [2.24, 2.45) is 0 Å². The average Bonchev–Trinajstić information content (AvgIpc) is 3.02. The fraction of sp³-hybridized carbons (Fsp3) is 0.211. The number of ether oxygens (including phenoxy) is 1. The van der Waals surface area contributed by atoms with Crippen molar-refractivity contribution in [3.63, 3.8) is 0 Å². The fourth-order valence-electron chi connectivity index (χ4n) is 2.40. The number of para-hydroxylation sites is 1. The van der Waals surface area contributed by atoms with Crippen LogP contribution in [0.4, 0.5) is 0 Å². The van der Waals surface area contributed by atoms with E-state index in [4.69, 9.17) is 17.0 Å². The van der Waals surface area contributed by atoms with Gasteiger partial charge in [0.2, 0.25) is 0 Å². The van der Waals surface area contributed by atoms with Gasteiger partial charge in [-0.05, 0) is 56.4 Å². The second-order valence-electron chi connectivity index (χ2n) is 5.48. The molecule has 3 rings (SSSR count). The van der Waals surface area contributed by atoms with E-state index in [9.17, 15) is 4.79 Å². The molecule has 0 radical (unpaired) electrons. The van der Waals surface area contributed by atoms with Crippen molar-refractivity contribution < 1.29 is 9.53 Å². The smallest absolute Gasteiger partial charge is 0.184 e. The average molecular weight is 403 g/mol. The summed E-state index contributed by atoms with van der Waals surface area (Å²) < 4.78 is 9.06. The van der Waals surface area contributed by atoms with Gasteiger partial charge in [0.1, 0.15) is 5.75 Å². The number of carbonyl (C=O) groups excluding carboxylic acids is 1. The van der Waals surface area contributed by atoms with E-state index in [1.54, 1.807) is 29.4 Å². The molecule has 0 fully saturated rings. The van der Waals surface area contributed by atoms with E-state index in [1.165, 1.54) is 11.3 Å². The first kappa shape index (κ1) is 18.8. The summed E-state index contributed by atoms with van der Waals surface area (Å²) in [6.45, 7) is 4.10. The molecular formula is C19H18N2O2S3. The van der Waals surface area contributed by atoms with Crippen LogP contribution >= 0.6 is 35.3 Å². The highest BCUT2D eigenvalue weighted by Gasteiger charge is 2.11. The predicted molar refractivity (Wildman–Crippen MR) is 109 cm³/mol. The summed E-state index contributed by atoms with van der Waals surface area (Å²) in [5.74, 6) is 1.51. The van der Waals surface area contributed by atoms with Crippen LogP contribution in [0.25, 0.3) is 5.69 Å². The fourth-order valence-corrected chi connectivity index (χ4v) is 4.74. The Labute approximate surface area is 165 Å². The molecule has 26 heavy (non-hydrogen) atoms. The van der Waals surface area contributed by atoms with Crippen LogP contribution < -0.4 is 4.74 Å². The molecule has 0 aliphatic heterocycles. The number of thioether (sulfide) groups is 1. The highest BCUT2D eigenvalue weighted by Crippen LogP contribution is 2.31. The monoisotopic (exact) mass is 402 g/mol. The first-order valence-electron chi connectivity index (χ1n) is 8.13. The van der Waals surface area contributed by atoms with Gasteiger partial charge in [-0.3, -0.25) is 4.79 Å². The topological polar surface area (TPSA) is 44.1 Å². The highest BCUT2D eigenvalue weighted by atomic mass is 32.2. The standard InChI is InChI=1S/C19H18N2O2S3/c1-3-23-17-10-9-14(13(2)22)11-15(17)12-25-18-20-21(19(24)26-18)16-7-5-4-6-8-16/h4-11H,3,12H2,1-2H3. The lowest BCUT2D eigenvalue weighted by molar-refractivity contribution is 0.101. The van der Waals surface area contributed by atoms with Crippen molar-refractivity contribution in [3.8, 4) is 11.4 Å². The summed E-state index contributed by atoms with van der Waals surface area (Å²) in [6, 6.07) is 15.4. The third kappa shape index (κ3) is 4.41. The number of carbonyl (C=O) groups is 1. The molecule has 0 N–H and O–H groups in total. The minimum absolute atomic E-state index is 0.0447. The molecule has 0 bridgehead atoms. The summed E-state index contributed by atoms with van der Waals surface area (Å²) in [6.07, 6.45) is 0. The van der Waals surface area contributed by atoms with Gasteiger partial charge in [-0.15, -0.1) is 5.10 Å². The molecule has 0 aliphatic carbocycles. The Hall–Kier alpha value is -1.96. The number of rotatable bonds is 7. The van der Waals surface area contributed by atoms with Crippen LogP contribution in [0.15, 0.2) is 52.9 Å². The van der Waals surface area contributed by atoms with E-state index in [0.29, 0.717) is 21.9 Å². The molecule has 0 spiro atoms. The molecule has 7 heteroatoms. The molecule has 134 valence electrons. The Morgan fingerprint density at radius 2 is 2.04 bits per heavy atom. The van der Waals surface area contributed by atoms with Gasteiger partial charge in [-0.25, -0.2) is 4.68 Å². The molecule has 0 aliphatic rings. The summed E-state index contributed by atoms with van der Waals surface area (Å²) in [5.41, 5.74) is 2.62. The first-order chi connectivity index (χ1) is 12.6. The van der Waals surface area contributed by atoms with E-state index >= 15 is 0 Å². The minimum Gasteiger partial charge on any atom is -0.494 e. The number of aromatic nitrogens is 2. The Morgan fingerprint density at radius 1 is 1.27 bits per heavy atom. The summed E-state index contributed by atoms with van der Waals surface area (Å²) >= 11 is 8.52. The number of ketones is 1. The van der Waals surface area contributed by atoms with E-state index in [0.717, 1.165) is 21.3 Å². The Balaban J connectivity index is 1.82. The number of hydrogen-bond acceptors (Lipinski definition) is 6. The van der Waals surface area contributed by atoms with Gasteiger partial charge in [0.15, 0.2) is 14.1 Å². The summed E-state index contributed by atoms with van der Waals surface area (Å²) in [4.78, 5) is 11.7. The second kappa shape index (κ2) is 8.62. The van der Waals surface area contributed by atoms with Gasteiger partial charge < -0.3 is 4.74 Å². The molecule has 0 unspecified atom stereocenters. The predicted octanol–water partition coefficient (Wildman–Crippen LogP) is 5.56. The van der Waals surface area contributed by atoms with Crippen LogP contribution in [0.1, 0.15) is 29.8 Å². The third-order valence-corrected chi connectivity index (χ3v) is 6.06. The Bertz CT molecular complexity index is 964. The molecule has 0 atom stereocenters. The van der Waals surface area contributed by atoms with Crippen LogP contribution in [0, 0.1) is 3.95 Å². The van der Waals surface area contributed by atoms with Crippen LogP contribution in [-0.4, -0.2) is 22.2 Å². The van der Waals surface area contributed by atoms with E-state index < -0.39 is 0 Å². The lowest BCUT2D eigenvalue weighted by atomic mass is 10.1. The van der Waals surface area contributed by atoms with E-state index in [2.05, 4.69) is 5.10 Å². The highest BCUT2D eigenvalue weighted by molar-refractivity contribution is 8.00. The molecule has 0 amide bonds. The Kier molecular flexibility index (Phi) is 6.24. The van der Waals surface area contributed by atoms with Crippen molar-refractivity contribution in [3.05, 3.63) is 63.6 Å². The number of Topliss-reactive ketones (excluding diaryl/α,β-unsaturated/α-hetero) is 1. The van der Waals surface area contributed by atoms with Crippen molar-refractivity contribution in [1.29, 1.82) is 0 Å². The van der Waals surface area contributed by atoms with Gasteiger partial charge >= 0.3 is 0 Å². The lowest BCUT2D eigenvalue weighted by Crippen LogP contribution is -1.99. The van der Waals surface area contributed by atoms with Gasteiger partial charge in [-0.2, -0.15) is 0 Å². The van der Waals surface area contributed by atoms with Gasteiger partial charge in [0.05, 0.1) is 12.3 Å². The molecule has 2 aromatic carbocycles. The maximum absolute atomic E-state index is 11.7. The SMILES string of the molecule is CCOc1ccc(C(C)=O)cc1CSc1nn(-c2ccccc2)c(=S)s1. The zero-order valence-corrected chi connectivity index (χ0v) is 16.9. The van der Waals surface area contributed by atoms with Crippen molar-refractivity contribution in [1.82, 2.24) is 9.78 Å². The van der Waals surface area contributed by atoms with Crippen LogP contribution in [0.3, 0.4) is 0 Å². The lowest BCUT2D eigenvalue weighted by Gasteiger charge is -2.10. The third-order valence-electron chi connectivity index (χ3n) is 3.65. The maximum atomic E-state index is 11.7. The van der Waals surface area contributed by atoms with Gasteiger partial charge in [0, 0.05) is 16.9 Å². The molecule has 4 nitrogen and oxygen atoms in total. The molecule has 3 aromatic rings. The minimum atomic E-state index is 0.0447. The van der Waals surface area contributed by atoms with Crippen LogP contribution in [0.2, 0.25) is 0 Å². The van der Waals surface area contributed by atoms with Crippen molar-refractivity contribution >= 4 is 41.1 Å². The maximum Gasteiger partial charge on any atom is 0.184 e. The largest absolute Gasteiger partial charge is 0.494 e. The molecule has 1 aromatic heterocycles. The number of benzene rings is 2. The normalized spacial score (nSPS) is 10.7. The second-order valence-corrected chi connectivity index (χ2v) is 8.33. The van der Waals surface area contributed by atoms with Crippen molar-refractivity contribution in [2.45, 2.75) is 23.9 Å². The molecule has 0 saturated heterocycles. The molecular weight excluding hydrogens is 384 g/mol. The van der Waals surface area contributed by atoms with E-state index in [-0.39, 0.29) is 5.78 Å². The van der Waals surface area contributed by atoms with Crippen LogP contribution in [-0.2, 0) is 5.75 Å². The van der Waals surface area contributed by atoms with Crippen molar-refractivity contribution in [2.75, 3.05) is 6.61 Å². The Morgan fingerprint density at radius 3 is 2.73 bits per heavy atom. The number of hydrogen-bond donors (Lipinski definition) is 0.